The van der Waals surface area contributed by atoms with E-state index in [9.17, 15) is 4.79 Å². The van der Waals surface area contributed by atoms with E-state index in [1.807, 2.05) is 18.2 Å². The van der Waals surface area contributed by atoms with E-state index in [1.165, 1.54) is 12.8 Å². The molecule has 1 aliphatic carbocycles. The maximum Gasteiger partial charge on any atom is 0.251 e. The largest absolute Gasteiger partial charge is 0.395 e. The molecule has 0 saturated heterocycles. The van der Waals surface area contributed by atoms with Crippen LogP contribution in [0.15, 0.2) is 24.3 Å². The number of aliphatic hydroxyl groups is 1. The van der Waals surface area contributed by atoms with Crippen LogP contribution in [0.1, 0.15) is 41.6 Å². The van der Waals surface area contributed by atoms with Gasteiger partial charge in [0.25, 0.3) is 5.91 Å². The summed E-state index contributed by atoms with van der Waals surface area (Å²) in [6, 6.07) is 7.45. The molecule has 4 heteroatoms. The Bertz CT molecular complexity index is 414. The first-order chi connectivity index (χ1) is 9.29. The Morgan fingerprint density at radius 2 is 2.16 bits per heavy atom. The fraction of sp³-hybridized carbons (Fsp3) is 0.533. The Labute approximate surface area is 113 Å². The summed E-state index contributed by atoms with van der Waals surface area (Å²) in [5, 5.41) is 11.3. The Hall–Kier alpha value is -1.39. The van der Waals surface area contributed by atoms with Crippen LogP contribution in [0.3, 0.4) is 0 Å². The van der Waals surface area contributed by atoms with Crippen molar-refractivity contribution < 1.29 is 14.6 Å². The van der Waals surface area contributed by atoms with Gasteiger partial charge in [-0.2, -0.15) is 0 Å². The topological polar surface area (TPSA) is 58.6 Å². The van der Waals surface area contributed by atoms with Crippen molar-refractivity contribution in [1.29, 1.82) is 0 Å². The summed E-state index contributed by atoms with van der Waals surface area (Å²) in [5.41, 5.74) is 1.63. The molecule has 1 fully saturated rings. The third kappa shape index (κ3) is 4.33. The standard InChI is InChI=1S/C15H21NO3/c17-9-8-16-15(18)13-5-3-4-12(10-13)11-19-14-6-1-2-7-14/h3-5,10,14,17H,1-2,6-9,11H2,(H,16,18). The molecule has 104 valence electrons. The van der Waals surface area contributed by atoms with E-state index in [0.717, 1.165) is 18.4 Å². The van der Waals surface area contributed by atoms with Crippen LogP contribution in [0.25, 0.3) is 0 Å². The van der Waals surface area contributed by atoms with Gasteiger partial charge in [-0.15, -0.1) is 0 Å². The molecule has 2 N–H and O–H groups in total. The highest BCUT2D eigenvalue weighted by molar-refractivity contribution is 5.94. The van der Waals surface area contributed by atoms with E-state index < -0.39 is 0 Å². The Morgan fingerprint density at radius 3 is 2.89 bits per heavy atom. The van der Waals surface area contributed by atoms with Crippen molar-refractivity contribution in [3.63, 3.8) is 0 Å². The van der Waals surface area contributed by atoms with E-state index in [1.54, 1.807) is 6.07 Å². The molecule has 0 heterocycles. The smallest absolute Gasteiger partial charge is 0.251 e. The molecule has 0 aromatic heterocycles. The van der Waals surface area contributed by atoms with Crippen molar-refractivity contribution in [2.24, 2.45) is 0 Å². The maximum atomic E-state index is 11.8. The highest BCUT2D eigenvalue weighted by atomic mass is 16.5. The average Bonchev–Trinajstić information content (AvgIpc) is 2.96. The van der Waals surface area contributed by atoms with E-state index in [0.29, 0.717) is 18.3 Å². The molecule has 2 rings (SSSR count). The SMILES string of the molecule is O=C(NCCO)c1cccc(COC2CCCC2)c1. The normalized spacial score (nSPS) is 15.6. The number of hydrogen-bond donors (Lipinski definition) is 2. The molecule has 0 atom stereocenters. The minimum Gasteiger partial charge on any atom is -0.395 e. The van der Waals surface area contributed by atoms with Gasteiger partial charge in [0, 0.05) is 12.1 Å². The van der Waals surface area contributed by atoms with E-state index in [2.05, 4.69) is 5.32 Å². The minimum absolute atomic E-state index is 0.0454. The van der Waals surface area contributed by atoms with Crippen LogP contribution in [0.2, 0.25) is 0 Å². The van der Waals surface area contributed by atoms with Gasteiger partial charge in [-0.1, -0.05) is 25.0 Å². The van der Waals surface area contributed by atoms with E-state index in [4.69, 9.17) is 9.84 Å². The number of amides is 1. The van der Waals surface area contributed by atoms with Crippen molar-refractivity contribution >= 4 is 5.91 Å². The first-order valence-electron chi connectivity index (χ1n) is 6.89. The molecule has 1 aliphatic rings. The molecule has 0 radical (unpaired) electrons. The molecule has 1 aromatic rings. The van der Waals surface area contributed by atoms with Crippen LogP contribution >= 0.6 is 0 Å². The molecule has 1 saturated carbocycles. The number of hydrogen-bond acceptors (Lipinski definition) is 3. The van der Waals surface area contributed by atoms with Gasteiger partial charge in [0.1, 0.15) is 0 Å². The van der Waals surface area contributed by atoms with Crippen LogP contribution < -0.4 is 5.32 Å². The number of carbonyl (C=O) groups excluding carboxylic acids is 1. The van der Waals surface area contributed by atoms with Gasteiger partial charge in [-0.3, -0.25) is 4.79 Å². The van der Waals surface area contributed by atoms with Crippen LogP contribution in [0.5, 0.6) is 0 Å². The lowest BCUT2D eigenvalue weighted by atomic mass is 10.1. The third-order valence-electron chi connectivity index (χ3n) is 3.37. The summed E-state index contributed by atoms with van der Waals surface area (Å²) in [5.74, 6) is -0.156. The zero-order chi connectivity index (χ0) is 13.5. The second kappa shape index (κ2) is 7.26. The summed E-state index contributed by atoms with van der Waals surface area (Å²) in [6.07, 6.45) is 5.20. The quantitative estimate of drug-likeness (QED) is 0.823. The van der Waals surface area contributed by atoms with E-state index >= 15 is 0 Å². The predicted octanol–water partition coefficient (Wildman–Crippen LogP) is 1.87. The van der Waals surface area contributed by atoms with E-state index in [-0.39, 0.29) is 19.1 Å². The van der Waals surface area contributed by atoms with Gasteiger partial charge in [0.05, 0.1) is 19.3 Å². The molecule has 4 nitrogen and oxygen atoms in total. The molecular formula is C15H21NO3. The highest BCUT2D eigenvalue weighted by Gasteiger charge is 2.15. The first-order valence-corrected chi connectivity index (χ1v) is 6.89. The monoisotopic (exact) mass is 263 g/mol. The molecule has 19 heavy (non-hydrogen) atoms. The molecular weight excluding hydrogens is 242 g/mol. The molecule has 1 amide bonds. The lowest BCUT2D eigenvalue weighted by molar-refractivity contribution is 0.0456. The second-order valence-electron chi connectivity index (χ2n) is 4.90. The van der Waals surface area contributed by atoms with Gasteiger partial charge < -0.3 is 15.2 Å². The lowest BCUT2D eigenvalue weighted by Gasteiger charge is -2.11. The summed E-state index contributed by atoms with van der Waals surface area (Å²) in [7, 11) is 0. The molecule has 1 aromatic carbocycles. The number of rotatable bonds is 6. The summed E-state index contributed by atoms with van der Waals surface area (Å²) >= 11 is 0. The van der Waals surface area contributed by atoms with Gasteiger partial charge in [0.15, 0.2) is 0 Å². The fourth-order valence-electron chi connectivity index (χ4n) is 2.34. The lowest BCUT2D eigenvalue weighted by Crippen LogP contribution is -2.26. The summed E-state index contributed by atoms with van der Waals surface area (Å²) in [6.45, 7) is 0.795. The van der Waals surface area contributed by atoms with Gasteiger partial charge in [0.2, 0.25) is 0 Å². The number of benzene rings is 1. The van der Waals surface area contributed by atoms with Crippen LogP contribution in [0, 0.1) is 0 Å². The highest BCUT2D eigenvalue weighted by Crippen LogP contribution is 2.22. The molecule has 0 spiro atoms. The zero-order valence-electron chi connectivity index (χ0n) is 11.1. The van der Waals surface area contributed by atoms with Crippen molar-refractivity contribution in [1.82, 2.24) is 5.32 Å². The van der Waals surface area contributed by atoms with Crippen LogP contribution in [-0.2, 0) is 11.3 Å². The van der Waals surface area contributed by atoms with Crippen molar-refractivity contribution in [3.05, 3.63) is 35.4 Å². The number of nitrogens with one attached hydrogen (secondary N) is 1. The van der Waals surface area contributed by atoms with Crippen molar-refractivity contribution in [2.45, 2.75) is 38.4 Å². The summed E-state index contributed by atoms with van der Waals surface area (Å²) < 4.78 is 5.83. The van der Waals surface area contributed by atoms with Crippen LogP contribution in [0.4, 0.5) is 0 Å². The number of ether oxygens (including phenoxy) is 1. The predicted molar refractivity (Wildman–Crippen MR) is 72.9 cm³/mol. The van der Waals surface area contributed by atoms with Gasteiger partial charge in [-0.05, 0) is 30.5 Å². The molecule has 0 aliphatic heterocycles. The summed E-state index contributed by atoms with van der Waals surface area (Å²) in [4.78, 5) is 11.8. The molecule has 0 unspecified atom stereocenters. The first kappa shape index (κ1) is 14.0. The average molecular weight is 263 g/mol. The fourth-order valence-corrected chi connectivity index (χ4v) is 2.34. The van der Waals surface area contributed by atoms with Crippen molar-refractivity contribution in [2.75, 3.05) is 13.2 Å². The number of aliphatic hydroxyl groups excluding tert-OH is 1. The minimum atomic E-state index is -0.156. The maximum absolute atomic E-state index is 11.8. The van der Waals surface area contributed by atoms with Crippen molar-refractivity contribution in [3.8, 4) is 0 Å². The van der Waals surface area contributed by atoms with Gasteiger partial charge in [-0.25, -0.2) is 0 Å². The van der Waals surface area contributed by atoms with Gasteiger partial charge >= 0.3 is 0 Å². The number of carbonyl (C=O) groups is 1. The Kier molecular flexibility index (Phi) is 5.36. The Morgan fingerprint density at radius 1 is 1.37 bits per heavy atom. The third-order valence-corrected chi connectivity index (χ3v) is 3.37. The Balaban J connectivity index is 1.88. The zero-order valence-corrected chi connectivity index (χ0v) is 11.1. The second-order valence-corrected chi connectivity index (χ2v) is 4.90. The van der Waals surface area contributed by atoms with Crippen LogP contribution in [-0.4, -0.2) is 30.3 Å². The molecule has 0 bridgehead atoms.